The number of hydrogen-bond donors (Lipinski definition) is 1. The summed E-state index contributed by atoms with van der Waals surface area (Å²) in [6.45, 7) is 2.82. The molecule has 1 aliphatic heterocycles. The Hall–Kier alpha value is -1.86. The van der Waals surface area contributed by atoms with E-state index in [2.05, 4.69) is 0 Å². The van der Waals surface area contributed by atoms with Crippen molar-refractivity contribution in [2.75, 3.05) is 18.9 Å². The Morgan fingerprint density at radius 3 is 2.85 bits per heavy atom. The van der Waals surface area contributed by atoms with Crippen molar-refractivity contribution in [3.63, 3.8) is 0 Å². The minimum Gasteiger partial charge on any atom is -0.512 e. The van der Waals surface area contributed by atoms with Crippen LogP contribution in [0.3, 0.4) is 0 Å². The quantitative estimate of drug-likeness (QED) is 0.770. The van der Waals surface area contributed by atoms with Crippen molar-refractivity contribution in [2.24, 2.45) is 0 Å². The summed E-state index contributed by atoms with van der Waals surface area (Å²) in [7, 11) is 0. The number of ether oxygens (including phenoxy) is 1. The molecule has 0 saturated carbocycles. The number of thiocarbonyl (C=S) groups is 1. The summed E-state index contributed by atoms with van der Waals surface area (Å²) in [5.74, 6) is 0.0823. The lowest BCUT2D eigenvalue weighted by atomic mass is 9.82. The first kappa shape index (κ1) is 19.9. The Labute approximate surface area is 168 Å². The fraction of sp³-hybridized carbons (Fsp3) is 0.450. The monoisotopic (exact) mass is 405 g/mol. The minimum atomic E-state index is -0.531. The van der Waals surface area contributed by atoms with Crippen LogP contribution >= 0.6 is 24.0 Å². The number of hydrogen-bond acceptors (Lipinski definition) is 6. The van der Waals surface area contributed by atoms with E-state index in [4.69, 9.17) is 17.0 Å². The number of fused-ring (bicyclic) bond motifs is 1. The maximum Gasteiger partial charge on any atom is 0.233 e. The van der Waals surface area contributed by atoms with Crippen LogP contribution in [-0.4, -0.2) is 45.0 Å². The van der Waals surface area contributed by atoms with Crippen LogP contribution in [0.2, 0.25) is 0 Å². The molecule has 0 radical (unpaired) electrons. The third-order valence-electron chi connectivity index (χ3n) is 4.88. The average molecular weight is 406 g/mol. The van der Waals surface area contributed by atoms with Crippen molar-refractivity contribution in [1.29, 1.82) is 0 Å². The summed E-state index contributed by atoms with van der Waals surface area (Å²) >= 11 is 6.28. The van der Waals surface area contributed by atoms with E-state index in [1.54, 1.807) is 4.90 Å². The minimum absolute atomic E-state index is 0.0734. The summed E-state index contributed by atoms with van der Waals surface area (Å²) in [5, 5.41) is 10.5. The summed E-state index contributed by atoms with van der Waals surface area (Å²) in [5.41, 5.74) is 2.41. The third kappa shape index (κ3) is 4.35. The van der Waals surface area contributed by atoms with E-state index in [-0.39, 0.29) is 23.2 Å². The molecule has 3 rings (SSSR count). The van der Waals surface area contributed by atoms with Crippen LogP contribution in [0.25, 0.3) is 0 Å². The van der Waals surface area contributed by atoms with Crippen molar-refractivity contribution in [1.82, 2.24) is 4.90 Å². The van der Waals surface area contributed by atoms with Gasteiger partial charge in [0, 0.05) is 19.4 Å². The molecule has 1 amide bonds. The van der Waals surface area contributed by atoms with Crippen molar-refractivity contribution in [3.8, 4) is 0 Å². The molecule has 0 fully saturated rings. The molecule has 1 aromatic carbocycles. The van der Waals surface area contributed by atoms with Crippen molar-refractivity contribution >= 4 is 40.1 Å². The maximum atomic E-state index is 13.0. The molecule has 5 nitrogen and oxygen atoms in total. The molecule has 0 unspecified atom stereocenters. The third-order valence-corrected chi connectivity index (χ3v) is 6.10. The van der Waals surface area contributed by atoms with Crippen molar-refractivity contribution < 1.29 is 19.4 Å². The molecule has 1 N–H and O–H groups in total. The van der Waals surface area contributed by atoms with Gasteiger partial charge in [0.25, 0.3) is 0 Å². The first-order valence-electron chi connectivity index (χ1n) is 9.15. The van der Waals surface area contributed by atoms with Gasteiger partial charge in [0.15, 0.2) is 5.78 Å². The highest BCUT2D eigenvalue weighted by molar-refractivity contribution is 8.23. The van der Waals surface area contributed by atoms with Crippen LogP contribution in [0.5, 0.6) is 0 Å². The number of thioether (sulfide) groups is 1. The van der Waals surface area contributed by atoms with E-state index in [0.29, 0.717) is 42.4 Å². The van der Waals surface area contributed by atoms with Crippen molar-refractivity contribution in [3.05, 3.63) is 46.7 Å². The number of ketones is 1. The molecule has 2 aliphatic rings. The predicted molar refractivity (Wildman–Crippen MR) is 110 cm³/mol. The second kappa shape index (κ2) is 8.89. The Kier molecular flexibility index (Phi) is 6.55. The lowest BCUT2D eigenvalue weighted by molar-refractivity contribution is -0.131. The highest BCUT2D eigenvalue weighted by Gasteiger charge is 2.38. The number of carbonyl (C=O) groups is 2. The summed E-state index contributed by atoms with van der Waals surface area (Å²) in [4.78, 5) is 27.3. The number of allylic oxidation sites excluding steroid dienone is 1. The molecular formula is C20H23NO4S2. The molecule has 0 bridgehead atoms. The lowest BCUT2D eigenvalue weighted by Crippen LogP contribution is -2.43. The molecule has 0 aromatic heterocycles. The second-order valence-corrected chi connectivity index (χ2v) is 8.12. The first-order valence-corrected chi connectivity index (χ1v) is 10.5. The molecule has 1 atom stereocenters. The highest BCUT2D eigenvalue weighted by atomic mass is 32.2. The Morgan fingerprint density at radius 2 is 2.11 bits per heavy atom. The predicted octanol–water partition coefficient (Wildman–Crippen LogP) is 3.73. The van der Waals surface area contributed by atoms with Gasteiger partial charge in [-0.3, -0.25) is 9.59 Å². The second-order valence-electron chi connectivity index (χ2n) is 6.55. The lowest BCUT2D eigenvalue weighted by Gasteiger charge is -2.39. The Morgan fingerprint density at radius 1 is 1.33 bits per heavy atom. The molecule has 1 aromatic rings. The van der Waals surface area contributed by atoms with Gasteiger partial charge in [0.1, 0.15) is 5.76 Å². The number of benzene rings is 1. The SMILES string of the molecule is CCOC(=S)SCC(=O)N1CCc2ccccc2[C@H]1C1=C(O)CCCC1=O. The van der Waals surface area contributed by atoms with Gasteiger partial charge in [0.2, 0.25) is 10.3 Å². The van der Waals surface area contributed by atoms with Crippen molar-refractivity contribution in [2.45, 2.75) is 38.6 Å². The van der Waals surface area contributed by atoms with E-state index in [0.717, 1.165) is 17.5 Å². The van der Waals surface area contributed by atoms with E-state index in [1.165, 1.54) is 11.8 Å². The van der Waals surface area contributed by atoms with Gasteiger partial charge >= 0.3 is 0 Å². The summed E-state index contributed by atoms with van der Waals surface area (Å²) < 4.78 is 5.58. The maximum absolute atomic E-state index is 13.0. The van der Waals surface area contributed by atoms with E-state index in [1.807, 2.05) is 31.2 Å². The molecule has 7 heteroatoms. The van der Waals surface area contributed by atoms with Gasteiger partial charge in [-0.15, -0.1) is 0 Å². The number of amides is 1. The topological polar surface area (TPSA) is 66.8 Å². The number of rotatable bonds is 4. The van der Waals surface area contributed by atoms with Gasteiger partial charge in [-0.25, -0.2) is 0 Å². The zero-order valence-corrected chi connectivity index (χ0v) is 16.9. The Balaban J connectivity index is 1.92. The summed E-state index contributed by atoms with van der Waals surface area (Å²) in [6, 6.07) is 7.30. The smallest absolute Gasteiger partial charge is 0.233 e. The van der Waals surface area contributed by atoms with Crippen LogP contribution < -0.4 is 0 Å². The molecule has 0 spiro atoms. The van der Waals surface area contributed by atoms with E-state index in [9.17, 15) is 14.7 Å². The zero-order valence-electron chi connectivity index (χ0n) is 15.3. The molecule has 27 heavy (non-hydrogen) atoms. The van der Waals surface area contributed by atoms with Gasteiger partial charge < -0.3 is 14.7 Å². The average Bonchev–Trinajstić information content (AvgIpc) is 2.66. The summed E-state index contributed by atoms with van der Waals surface area (Å²) in [6.07, 6.45) is 2.25. The highest BCUT2D eigenvalue weighted by Crippen LogP contribution is 2.39. The number of aliphatic hydroxyl groups excluding tert-OH is 1. The van der Waals surface area contributed by atoms with E-state index < -0.39 is 6.04 Å². The van der Waals surface area contributed by atoms with Gasteiger partial charge in [-0.05, 0) is 43.1 Å². The normalized spacial score (nSPS) is 19.7. The van der Waals surface area contributed by atoms with Gasteiger partial charge in [-0.2, -0.15) is 0 Å². The molecule has 1 aliphatic carbocycles. The van der Waals surface area contributed by atoms with E-state index >= 15 is 0 Å². The molecule has 144 valence electrons. The first-order chi connectivity index (χ1) is 13.0. The van der Waals surface area contributed by atoms with Crippen LogP contribution in [0.15, 0.2) is 35.6 Å². The fourth-order valence-electron chi connectivity index (χ4n) is 3.67. The number of Topliss-reactive ketones (excluding diaryl/α,β-unsaturated/α-hetero) is 1. The number of aliphatic hydroxyl groups is 1. The standard InChI is InChI=1S/C20H23NO4S2/c1-2-25-20(26)27-12-17(24)21-11-10-13-6-3-4-7-14(13)19(21)18-15(22)8-5-9-16(18)23/h3-4,6-7,19,22H,2,5,8-12H2,1H3/t19-/m0/s1. The van der Waals surface area contributed by atoms with Crippen LogP contribution in [0.4, 0.5) is 0 Å². The van der Waals surface area contributed by atoms with Crippen LogP contribution in [-0.2, 0) is 20.7 Å². The molecule has 0 saturated heterocycles. The zero-order chi connectivity index (χ0) is 19.4. The fourth-order valence-corrected chi connectivity index (χ4v) is 4.57. The molecular weight excluding hydrogens is 382 g/mol. The Bertz CT molecular complexity index is 790. The number of carbonyl (C=O) groups excluding carboxylic acids is 2. The number of nitrogens with zero attached hydrogens (tertiary/aromatic N) is 1. The largest absolute Gasteiger partial charge is 0.512 e. The molecule has 1 heterocycles. The van der Waals surface area contributed by atoms with Gasteiger partial charge in [0.05, 0.1) is 24.0 Å². The van der Waals surface area contributed by atoms with Crippen LogP contribution in [0.1, 0.15) is 43.4 Å². The van der Waals surface area contributed by atoms with Gasteiger partial charge in [-0.1, -0.05) is 36.0 Å². The van der Waals surface area contributed by atoms with Crippen LogP contribution in [0, 0.1) is 0 Å².